The summed E-state index contributed by atoms with van der Waals surface area (Å²) in [6, 6.07) is 9.06. The predicted octanol–water partition coefficient (Wildman–Crippen LogP) is 4.11. The molecule has 0 aliphatic carbocycles. The van der Waals surface area contributed by atoms with Crippen LogP contribution >= 0.6 is 11.8 Å². The Hall–Kier alpha value is -3.01. The lowest BCUT2D eigenvalue weighted by atomic mass is 10.2. The second kappa shape index (κ2) is 10.3. The van der Waals surface area contributed by atoms with E-state index >= 15 is 0 Å². The van der Waals surface area contributed by atoms with E-state index in [4.69, 9.17) is 14.0 Å². The smallest absolute Gasteiger partial charge is 0.236 e. The third kappa shape index (κ3) is 6.24. The molecule has 10 heteroatoms. The van der Waals surface area contributed by atoms with Gasteiger partial charge in [0.05, 0.1) is 12.9 Å². The first kappa shape index (κ1) is 22.7. The van der Waals surface area contributed by atoms with Crippen molar-refractivity contribution in [2.75, 3.05) is 18.2 Å². The van der Waals surface area contributed by atoms with Gasteiger partial charge in [0.15, 0.2) is 22.9 Å². The van der Waals surface area contributed by atoms with Gasteiger partial charge in [0, 0.05) is 12.6 Å². The van der Waals surface area contributed by atoms with Gasteiger partial charge in [-0.1, -0.05) is 30.8 Å². The Labute approximate surface area is 185 Å². The number of aromatic nitrogens is 4. The number of nitrogens with one attached hydrogen (secondary N) is 1. The average Bonchev–Trinajstić information content (AvgIpc) is 3.32. The fourth-order valence-electron chi connectivity index (χ4n) is 2.89. The van der Waals surface area contributed by atoms with E-state index in [0.29, 0.717) is 40.8 Å². The first-order valence-electron chi connectivity index (χ1n) is 9.95. The Morgan fingerprint density at radius 2 is 1.90 bits per heavy atom. The van der Waals surface area contributed by atoms with Crippen molar-refractivity contribution >= 4 is 23.5 Å². The Bertz CT molecular complexity index is 1000. The maximum atomic E-state index is 12.3. The molecule has 0 saturated heterocycles. The summed E-state index contributed by atoms with van der Waals surface area (Å²) in [5.74, 6) is 3.57. The van der Waals surface area contributed by atoms with E-state index in [0.717, 1.165) is 5.75 Å². The Balaban J connectivity index is 1.68. The number of carbonyl (C=O) groups excluding carboxylic acids is 1. The monoisotopic (exact) mass is 445 g/mol. The molecule has 1 atom stereocenters. The number of nitrogens with zero attached hydrogens (tertiary/aromatic N) is 4. The van der Waals surface area contributed by atoms with Gasteiger partial charge in [-0.15, -0.1) is 10.2 Å². The molecule has 1 unspecified atom stereocenters. The number of carbonyl (C=O) groups is 1. The molecule has 1 amide bonds. The maximum absolute atomic E-state index is 12.3. The highest BCUT2D eigenvalue weighted by molar-refractivity contribution is 7.99. The molecule has 0 fully saturated rings. The van der Waals surface area contributed by atoms with Crippen molar-refractivity contribution in [3.63, 3.8) is 0 Å². The first-order valence-corrected chi connectivity index (χ1v) is 10.9. The molecule has 3 rings (SSSR count). The summed E-state index contributed by atoms with van der Waals surface area (Å²) in [5, 5.41) is 15.8. The van der Waals surface area contributed by atoms with E-state index in [1.807, 2.05) is 35.8 Å². The summed E-state index contributed by atoms with van der Waals surface area (Å²) in [6.07, 6.45) is -0.319. The van der Waals surface area contributed by atoms with Gasteiger partial charge in [-0.05, 0) is 44.0 Å². The van der Waals surface area contributed by atoms with E-state index < -0.39 is 0 Å². The number of ether oxygens (including phenoxy) is 2. The molecule has 9 nitrogen and oxygen atoms in total. The van der Waals surface area contributed by atoms with Crippen molar-refractivity contribution in [2.24, 2.45) is 5.92 Å². The molecule has 2 heterocycles. The Morgan fingerprint density at radius 3 is 2.52 bits per heavy atom. The van der Waals surface area contributed by atoms with Crippen LogP contribution in [0.3, 0.4) is 0 Å². The van der Waals surface area contributed by atoms with Gasteiger partial charge in [0.1, 0.15) is 17.3 Å². The number of amides is 1. The highest BCUT2D eigenvalue weighted by Crippen LogP contribution is 2.26. The van der Waals surface area contributed by atoms with Crippen LogP contribution in [0.2, 0.25) is 0 Å². The molecule has 0 spiro atoms. The maximum Gasteiger partial charge on any atom is 0.236 e. The molecule has 0 radical (unpaired) electrons. The lowest BCUT2D eigenvalue weighted by molar-refractivity contribution is -0.113. The van der Waals surface area contributed by atoms with Crippen molar-refractivity contribution in [2.45, 2.75) is 45.5 Å². The summed E-state index contributed by atoms with van der Waals surface area (Å²) in [7, 11) is 1.62. The van der Waals surface area contributed by atoms with Gasteiger partial charge in [-0.25, -0.2) is 0 Å². The normalized spacial score (nSPS) is 12.1. The minimum absolute atomic E-state index is 0.176. The number of rotatable bonds is 10. The highest BCUT2D eigenvalue weighted by Gasteiger charge is 2.21. The zero-order chi connectivity index (χ0) is 22.4. The second-order valence-electron chi connectivity index (χ2n) is 7.44. The molecule has 2 aromatic heterocycles. The first-order chi connectivity index (χ1) is 14.9. The molecule has 0 bridgehead atoms. The van der Waals surface area contributed by atoms with Gasteiger partial charge in [0.25, 0.3) is 0 Å². The van der Waals surface area contributed by atoms with Gasteiger partial charge in [-0.2, -0.15) is 0 Å². The number of thioether (sulfide) groups is 1. The molecule has 3 aromatic rings. The number of hydrogen-bond acceptors (Lipinski definition) is 8. The molecular weight excluding hydrogens is 418 g/mol. The van der Waals surface area contributed by atoms with E-state index in [1.54, 1.807) is 20.1 Å². The fraction of sp³-hybridized carbons (Fsp3) is 0.429. The summed E-state index contributed by atoms with van der Waals surface area (Å²) < 4.78 is 18.2. The van der Waals surface area contributed by atoms with Crippen LogP contribution < -0.4 is 14.8 Å². The van der Waals surface area contributed by atoms with Gasteiger partial charge < -0.3 is 23.9 Å². The molecular formula is C21H27N5O4S. The average molecular weight is 446 g/mol. The molecule has 31 heavy (non-hydrogen) atoms. The third-order valence-corrected chi connectivity index (χ3v) is 5.22. The van der Waals surface area contributed by atoms with Crippen molar-refractivity contribution in [3.05, 3.63) is 41.9 Å². The predicted molar refractivity (Wildman–Crippen MR) is 117 cm³/mol. The van der Waals surface area contributed by atoms with Crippen LogP contribution in [0.15, 0.2) is 40.0 Å². The van der Waals surface area contributed by atoms with E-state index in [9.17, 15) is 4.79 Å². The third-order valence-electron chi connectivity index (χ3n) is 4.26. The van der Waals surface area contributed by atoms with Crippen LogP contribution in [0.25, 0.3) is 0 Å². The van der Waals surface area contributed by atoms with Gasteiger partial charge in [-0.3, -0.25) is 4.79 Å². The summed E-state index contributed by atoms with van der Waals surface area (Å²) in [4.78, 5) is 12.3. The van der Waals surface area contributed by atoms with E-state index in [1.165, 1.54) is 11.8 Å². The molecule has 0 aliphatic heterocycles. The summed E-state index contributed by atoms with van der Waals surface area (Å²) in [6.45, 7) is 8.65. The number of benzene rings is 1. The van der Waals surface area contributed by atoms with Gasteiger partial charge >= 0.3 is 0 Å². The zero-order valence-electron chi connectivity index (χ0n) is 18.3. The van der Waals surface area contributed by atoms with Crippen LogP contribution in [-0.4, -0.2) is 38.7 Å². The Morgan fingerprint density at radius 1 is 1.19 bits per heavy atom. The van der Waals surface area contributed by atoms with Crippen molar-refractivity contribution < 1.29 is 18.8 Å². The van der Waals surface area contributed by atoms with Crippen molar-refractivity contribution in [3.8, 4) is 11.5 Å². The van der Waals surface area contributed by atoms with E-state index in [2.05, 4.69) is 34.5 Å². The van der Waals surface area contributed by atoms with Crippen LogP contribution in [0.1, 0.15) is 38.5 Å². The largest absolute Gasteiger partial charge is 0.497 e. The number of methoxy groups -OCH3 is 1. The summed E-state index contributed by atoms with van der Waals surface area (Å²) in [5.41, 5.74) is 0. The lowest BCUT2D eigenvalue weighted by Crippen LogP contribution is -2.17. The van der Waals surface area contributed by atoms with E-state index in [-0.39, 0.29) is 17.8 Å². The van der Waals surface area contributed by atoms with Crippen molar-refractivity contribution in [1.29, 1.82) is 0 Å². The fourth-order valence-corrected chi connectivity index (χ4v) is 3.64. The quantitative estimate of drug-likeness (QED) is 0.465. The summed E-state index contributed by atoms with van der Waals surface area (Å²) >= 11 is 1.32. The number of hydrogen-bond donors (Lipinski definition) is 1. The molecule has 166 valence electrons. The second-order valence-corrected chi connectivity index (χ2v) is 8.38. The van der Waals surface area contributed by atoms with Crippen LogP contribution in [0.5, 0.6) is 11.5 Å². The van der Waals surface area contributed by atoms with Gasteiger partial charge in [0.2, 0.25) is 5.91 Å². The standard InChI is InChI=1S/C21H27N5O4S/c1-13(2)11-26-20(15(4)29-17-8-6-16(28-5)7-9-17)23-24-21(26)31-12-19(27)22-18-10-14(3)30-25-18/h6-10,13,15H,11-12H2,1-5H3,(H,22,25,27). The Kier molecular flexibility index (Phi) is 7.56. The van der Waals surface area contributed by atoms with Crippen molar-refractivity contribution in [1.82, 2.24) is 19.9 Å². The number of aryl methyl sites for hydroxylation is 1. The highest BCUT2D eigenvalue weighted by atomic mass is 32.2. The van der Waals surface area contributed by atoms with Crippen LogP contribution in [0.4, 0.5) is 5.82 Å². The lowest BCUT2D eigenvalue weighted by Gasteiger charge is -2.18. The molecule has 1 aromatic carbocycles. The minimum atomic E-state index is -0.319. The van der Waals surface area contributed by atoms with Crippen LogP contribution in [-0.2, 0) is 11.3 Å². The topological polar surface area (TPSA) is 104 Å². The van der Waals surface area contributed by atoms with Crippen LogP contribution in [0, 0.1) is 12.8 Å². The SMILES string of the molecule is COc1ccc(OC(C)c2nnc(SCC(=O)Nc3cc(C)on3)n2CC(C)C)cc1. The molecule has 0 saturated carbocycles. The zero-order valence-corrected chi connectivity index (χ0v) is 19.1. The molecule has 0 aliphatic rings. The minimum Gasteiger partial charge on any atom is -0.497 e. The number of anilines is 1. The molecule has 1 N–H and O–H groups in total.